The maximum absolute atomic E-state index is 12.9. The molecule has 4 rings (SSSR count). The molecule has 0 spiro atoms. The number of carbonyl (C=O) groups excluding carboxylic acids is 3. The highest BCUT2D eigenvalue weighted by molar-refractivity contribution is 8.18. The van der Waals surface area contributed by atoms with E-state index in [9.17, 15) is 19.2 Å². The number of nitrogens with zero attached hydrogens (tertiary/aromatic N) is 1. The van der Waals surface area contributed by atoms with Crippen LogP contribution in [-0.2, 0) is 14.4 Å². The minimum absolute atomic E-state index is 0.214. The number of rotatable bonds is 5. The molecule has 7 nitrogen and oxygen atoms in total. The van der Waals surface area contributed by atoms with Crippen LogP contribution >= 0.6 is 11.8 Å². The van der Waals surface area contributed by atoms with Crippen molar-refractivity contribution >= 4 is 62.4 Å². The molecule has 1 saturated heterocycles. The highest BCUT2D eigenvalue weighted by atomic mass is 32.2. The van der Waals surface area contributed by atoms with Gasteiger partial charge in [-0.1, -0.05) is 48.5 Å². The molecule has 1 fully saturated rings. The predicted molar refractivity (Wildman–Crippen MR) is 119 cm³/mol. The van der Waals surface area contributed by atoms with Crippen LogP contribution < -0.4 is 5.32 Å². The maximum atomic E-state index is 12.9. The predicted octanol–water partition coefficient (Wildman–Crippen LogP) is 3.62. The van der Waals surface area contributed by atoms with Gasteiger partial charge in [0.15, 0.2) is 0 Å². The number of aliphatic carboxylic acids is 1. The van der Waals surface area contributed by atoms with Crippen molar-refractivity contribution in [3.8, 4) is 0 Å². The first-order chi connectivity index (χ1) is 14.8. The number of fused-ring (bicyclic) bond motifs is 2. The van der Waals surface area contributed by atoms with Crippen molar-refractivity contribution < 1.29 is 24.3 Å². The van der Waals surface area contributed by atoms with Crippen LogP contribution in [-0.4, -0.2) is 45.6 Å². The molecule has 1 heterocycles. The Morgan fingerprint density at radius 2 is 1.65 bits per heavy atom. The third-order valence-electron chi connectivity index (χ3n) is 5.01. The number of carboxylic acid groups (broad SMARTS) is 1. The lowest BCUT2D eigenvalue weighted by Gasteiger charge is -2.14. The van der Waals surface area contributed by atoms with Gasteiger partial charge in [0, 0.05) is 0 Å². The zero-order valence-electron chi connectivity index (χ0n) is 16.5. The summed E-state index contributed by atoms with van der Waals surface area (Å²) in [5.74, 6) is -2.50. The van der Waals surface area contributed by atoms with Gasteiger partial charge in [-0.3, -0.25) is 24.1 Å². The van der Waals surface area contributed by atoms with Gasteiger partial charge in [0.05, 0.1) is 4.91 Å². The summed E-state index contributed by atoms with van der Waals surface area (Å²) in [6.45, 7) is 0.773. The molecular weight excluding hydrogens is 416 g/mol. The van der Waals surface area contributed by atoms with Gasteiger partial charge in [-0.25, -0.2) is 0 Å². The van der Waals surface area contributed by atoms with Crippen LogP contribution in [0.1, 0.15) is 12.5 Å². The van der Waals surface area contributed by atoms with E-state index in [1.54, 1.807) is 6.08 Å². The fourth-order valence-corrected chi connectivity index (χ4v) is 4.28. The monoisotopic (exact) mass is 434 g/mol. The minimum atomic E-state index is -1.20. The molecule has 3 amide bonds. The summed E-state index contributed by atoms with van der Waals surface area (Å²) in [5, 5.41) is 14.5. The Labute approximate surface area is 181 Å². The molecule has 8 heteroatoms. The lowest BCUT2D eigenvalue weighted by atomic mass is 9.96. The Morgan fingerprint density at radius 1 is 1.06 bits per heavy atom. The largest absolute Gasteiger partial charge is 0.480 e. The topological polar surface area (TPSA) is 104 Å². The Morgan fingerprint density at radius 3 is 2.23 bits per heavy atom. The third-order valence-corrected chi connectivity index (χ3v) is 5.92. The van der Waals surface area contributed by atoms with Crippen LogP contribution in [0.25, 0.3) is 27.6 Å². The molecule has 1 atom stereocenters. The van der Waals surface area contributed by atoms with Gasteiger partial charge < -0.3 is 10.4 Å². The van der Waals surface area contributed by atoms with Crippen molar-refractivity contribution in [3.63, 3.8) is 0 Å². The van der Waals surface area contributed by atoms with Crippen LogP contribution in [0.3, 0.4) is 0 Å². The van der Waals surface area contributed by atoms with Crippen molar-refractivity contribution in [2.75, 3.05) is 6.54 Å². The van der Waals surface area contributed by atoms with Crippen molar-refractivity contribution in [3.05, 3.63) is 65.1 Å². The fourth-order valence-electron chi connectivity index (χ4n) is 3.46. The number of benzene rings is 3. The molecule has 31 heavy (non-hydrogen) atoms. The van der Waals surface area contributed by atoms with E-state index in [1.165, 1.54) is 6.92 Å². The molecule has 0 saturated carbocycles. The van der Waals surface area contributed by atoms with Crippen molar-refractivity contribution in [1.29, 1.82) is 0 Å². The molecule has 0 aromatic heterocycles. The van der Waals surface area contributed by atoms with Crippen LogP contribution in [0.15, 0.2) is 59.5 Å². The Hall–Kier alpha value is -3.65. The van der Waals surface area contributed by atoms with Gasteiger partial charge in [-0.15, -0.1) is 0 Å². The first-order valence-electron chi connectivity index (χ1n) is 9.53. The highest BCUT2D eigenvalue weighted by Gasteiger charge is 2.36. The number of hydrogen-bond donors (Lipinski definition) is 2. The van der Waals surface area contributed by atoms with Crippen molar-refractivity contribution in [2.24, 2.45) is 0 Å². The SMILES string of the molecule is CC(NC(=O)CN1C(=O)S/C(=C\c2c3ccccc3cc3ccccc23)C1=O)C(=O)O. The van der Waals surface area contributed by atoms with Crippen LogP contribution in [0, 0.1) is 0 Å². The lowest BCUT2D eigenvalue weighted by molar-refractivity contribution is -0.141. The number of amides is 3. The van der Waals surface area contributed by atoms with Gasteiger partial charge in [-0.05, 0) is 57.9 Å². The molecule has 2 N–H and O–H groups in total. The minimum Gasteiger partial charge on any atom is -0.480 e. The number of imide groups is 1. The normalized spacial score (nSPS) is 16.3. The quantitative estimate of drug-likeness (QED) is 0.470. The maximum Gasteiger partial charge on any atom is 0.325 e. The smallest absolute Gasteiger partial charge is 0.325 e. The fraction of sp³-hybridized carbons (Fsp3) is 0.130. The Balaban J connectivity index is 1.69. The van der Waals surface area contributed by atoms with Gasteiger partial charge in [0.2, 0.25) is 5.91 Å². The van der Waals surface area contributed by atoms with E-state index in [0.717, 1.165) is 43.8 Å². The van der Waals surface area contributed by atoms with E-state index in [2.05, 4.69) is 11.4 Å². The van der Waals surface area contributed by atoms with Crippen LogP contribution in [0.4, 0.5) is 4.79 Å². The van der Waals surface area contributed by atoms with Crippen LogP contribution in [0.5, 0.6) is 0 Å². The second-order valence-electron chi connectivity index (χ2n) is 7.13. The molecule has 0 radical (unpaired) electrons. The summed E-state index contributed by atoms with van der Waals surface area (Å²) < 4.78 is 0. The van der Waals surface area contributed by atoms with E-state index >= 15 is 0 Å². The number of carboxylic acids is 1. The molecule has 0 bridgehead atoms. The molecule has 0 aliphatic carbocycles. The average molecular weight is 434 g/mol. The zero-order valence-corrected chi connectivity index (χ0v) is 17.3. The summed E-state index contributed by atoms with van der Waals surface area (Å²) in [4.78, 5) is 49.3. The number of hydrogen-bond acceptors (Lipinski definition) is 5. The zero-order chi connectivity index (χ0) is 22.1. The Bertz CT molecular complexity index is 1230. The first kappa shape index (κ1) is 20.6. The van der Waals surface area contributed by atoms with Gasteiger partial charge in [-0.2, -0.15) is 0 Å². The van der Waals surface area contributed by atoms with Gasteiger partial charge in [0.1, 0.15) is 12.6 Å². The number of thioether (sulfide) groups is 1. The lowest BCUT2D eigenvalue weighted by Crippen LogP contribution is -2.45. The highest BCUT2D eigenvalue weighted by Crippen LogP contribution is 2.36. The molecule has 156 valence electrons. The molecule has 1 aliphatic heterocycles. The summed E-state index contributed by atoms with van der Waals surface area (Å²) in [6.07, 6.45) is 1.69. The molecule has 1 aliphatic rings. The summed E-state index contributed by atoms with van der Waals surface area (Å²) in [6, 6.07) is 16.5. The number of carbonyl (C=O) groups is 4. The first-order valence-corrected chi connectivity index (χ1v) is 10.3. The second-order valence-corrected chi connectivity index (χ2v) is 8.12. The average Bonchev–Trinajstić information content (AvgIpc) is 3.00. The molecule has 3 aromatic rings. The second kappa shape index (κ2) is 8.23. The van der Waals surface area contributed by atoms with E-state index < -0.39 is 35.6 Å². The van der Waals surface area contributed by atoms with Crippen molar-refractivity contribution in [1.82, 2.24) is 10.2 Å². The third kappa shape index (κ3) is 4.02. The van der Waals surface area contributed by atoms with E-state index in [0.29, 0.717) is 0 Å². The molecular formula is C23H18N2O5S. The van der Waals surface area contributed by atoms with Gasteiger partial charge >= 0.3 is 5.97 Å². The van der Waals surface area contributed by atoms with Crippen molar-refractivity contribution in [2.45, 2.75) is 13.0 Å². The Kier molecular flexibility index (Phi) is 5.48. The summed E-state index contributed by atoms with van der Waals surface area (Å²) in [5.41, 5.74) is 0.822. The van der Waals surface area contributed by atoms with E-state index in [1.807, 2.05) is 48.5 Å². The molecule has 3 aromatic carbocycles. The summed E-state index contributed by atoms with van der Waals surface area (Å²) >= 11 is 0.763. The van der Waals surface area contributed by atoms with E-state index in [4.69, 9.17) is 5.11 Å². The van der Waals surface area contributed by atoms with E-state index in [-0.39, 0.29) is 4.91 Å². The molecule has 1 unspecified atom stereocenters. The number of nitrogens with one attached hydrogen (secondary N) is 1. The van der Waals surface area contributed by atoms with Gasteiger partial charge in [0.25, 0.3) is 11.1 Å². The standard InChI is InChI=1S/C23H18N2O5S/c1-13(22(28)29)24-20(26)12-25-21(27)19(31-23(25)30)11-18-16-8-4-2-6-14(16)10-15-7-3-5-9-17(15)18/h2-11,13H,12H2,1H3,(H,24,26)(H,28,29)/b19-11-. The van der Waals surface area contributed by atoms with Crippen LogP contribution in [0.2, 0.25) is 0 Å². The summed E-state index contributed by atoms with van der Waals surface area (Å²) in [7, 11) is 0.